The molecule has 60 heavy (non-hydrogen) atoms. The highest BCUT2D eigenvalue weighted by Crippen LogP contribution is 2.28. The van der Waals surface area contributed by atoms with E-state index in [-0.39, 0.29) is 59.6 Å². The van der Waals surface area contributed by atoms with Gasteiger partial charge in [-0.05, 0) is 82.2 Å². The summed E-state index contributed by atoms with van der Waals surface area (Å²) in [6.07, 6.45) is 6.77. The van der Waals surface area contributed by atoms with Gasteiger partial charge < -0.3 is 20.4 Å². The van der Waals surface area contributed by atoms with Crippen LogP contribution in [0.25, 0.3) is 0 Å². The summed E-state index contributed by atoms with van der Waals surface area (Å²) in [5.41, 5.74) is 2.16. The summed E-state index contributed by atoms with van der Waals surface area (Å²) in [6, 6.07) is 14.7. The summed E-state index contributed by atoms with van der Waals surface area (Å²) in [5.74, 6) is -0.369. The predicted molar refractivity (Wildman–Crippen MR) is 233 cm³/mol. The molecule has 0 saturated carbocycles. The summed E-state index contributed by atoms with van der Waals surface area (Å²) in [7, 11) is 1.75. The summed E-state index contributed by atoms with van der Waals surface area (Å²) in [6.45, 7) is 21.5. The first-order valence-electron chi connectivity index (χ1n) is 21.5. The number of hydrogen-bond donors (Lipinski definition) is 2. The van der Waals surface area contributed by atoms with Crippen LogP contribution in [-0.2, 0) is 35.2 Å². The Labute approximate surface area is 357 Å². The zero-order chi connectivity index (χ0) is 44.9. The molecule has 2 aromatic carbocycles. The van der Waals surface area contributed by atoms with E-state index in [4.69, 9.17) is 9.59 Å². The second-order valence-electron chi connectivity index (χ2n) is 18.3. The van der Waals surface area contributed by atoms with E-state index in [1.54, 1.807) is 35.9 Å². The van der Waals surface area contributed by atoms with Gasteiger partial charge >= 0.3 is 6.15 Å². The molecule has 4 rings (SSSR count). The summed E-state index contributed by atoms with van der Waals surface area (Å²) >= 11 is 0. The SMILES string of the molecule is C/C(=C\[C@H](C(C)C)N(C)C(=O)[C@@H](NC(=O)[C@H]1CCCCN1C(C)C(C)C)C(C)(C)C)C(=O)N1CCC[C@H]1C(=O)N[C@H](C)Cc1ccc(C(=O)c2ccccc2)cc1.O=C=O. The number of carbonyl (C=O) groups is 5. The van der Waals surface area contributed by atoms with Gasteiger partial charge in [-0.25, -0.2) is 0 Å². The zero-order valence-electron chi connectivity index (χ0n) is 37.7. The maximum atomic E-state index is 14.4. The smallest absolute Gasteiger partial charge is 0.352 e. The first kappa shape index (κ1) is 49.4. The molecule has 0 aromatic heterocycles. The maximum Gasteiger partial charge on any atom is 0.373 e. The second-order valence-corrected chi connectivity index (χ2v) is 18.3. The third-order valence-electron chi connectivity index (χ3n) is 12.0. The number of rotatable bonds is 15. The monoisotopic (exact) mass is 828 g/mol. The van der Waals surface area contributed by atoms with Gasteiger partial charge in [0.05, 0.1) is 12.1 Å². The number of piperidine rings is 1. The normalized spacial score (nSPS) is 19.3. The van der Waals surface area contributed by atoms with Crippen LogP contribution in [0.15, 0.2) is 66.2 Å². The predicted octanol–water partition coefficient (Wildman–Crippen LogP) is 6.23. The molecule has 2 aromatic rings. The van der Waals surface area contributed by atoms with Crippen LogP contribution in [0, 0.1) is 17.3 Å². The molecule has 6 atom stereocenters. The number of nitrogens with zero attached hydrogens (tertiary/aromatic N) is 3. The second kappa shape index (κ2) is 22.6. The van der Waals surface area contributed by atoms with Gasteiger partial charge in [0.2, 0.25) is 23.6 Å². The van der Waals surface area contributed by atoms with Gasteiger partial charge in [-0.2, -0.15) is 9.59 Å². The lowest BCUT2D eigenvalue weighted by Crippen LogP contribution is -2.61. The molecule has 12 nitrogen and oxygen atoms in total. The van der Waals surface area contributed by atoms with E-state index < -0.39 is 23.5 Å². The fourth-order valence-electron chi connectivity index (χ4n) is 8.22. The third kappa shape index (κ3) is 13.3. The Bertz CT molecular complexity index is 1830. The molecule has 1 unspecified atom stereocenters. The van der Waals surface area contributed by atoms with Crippen molar-refractivity contribution in [3.05, 3.63) is 82.9 Å². The van der Waals surface area contributed by atoms with Crippen molar-refractivity contribution in [3.63, 3.8) is 0 Å². The summed E-state index contributed by atoms with van der Waals surface area (Å²) in [5, 5.41) is 6.30. The molecule has 0 radical (unpaired) electrons. The Morgan fingerprint density at radius 3 is 1.92 bits per heavy atom. The van der Waals surface area contributed by atoms with Crippen LogP contribution >= 0.6 is 0 Å². The number of ketones is 1. The molecule has 4 amide bonds. The number of likely N-dealkylation sites (tertiary alicyclic amines) is 2. The number of likely N-dealkylation sites (N-methyl/N-ethyl adjacent to an activating group) is 1. The number of benzene rings is 2. The van der Waals surface area contributed by atoms with Gasteiger partial charge in [-0.1, -0.05) is 116 Å². The molecule has 12 heteroatoms. The molecule has 2 heterocycles. The molecule has 2 fully saturated rings. The molecule has 2 aliphatic rings. The summed E-state index contributed by atoms with van der Waals surface area (Å²) < 4.78 is 0. The Hall–Kier alpha value is -4.93. The lowest BCUT2D eigenvalue weighted by Gasteiger charge is -2.42. The lowest BCUT2D eigenvalue weighted by atomic mass is 9.84. The molecule has 0 spiro atoms. The summed E-state index contributed by atoms with van der Waals surface area (Å²) in [4.78, 5) is 90.6. The standard InChI is InChI=1S/C47H69N5O5.CO2/c1-30(2)34(7)51-26-16-15-20-38(51)44(55)49-42(47(8,9)10)46(57)50(11)40(31(3)4)28-32(5)45(56)52-27-17-21-39(52)43(54)48-33(6)29-35-22-24-37(25-23-35)41(53)36-18-13-12-14-19-36;2-1-3/h12-14,18-19,22-25,28,30-31,33-34,38-40,42H,15-17,20-21,26-27,29H2,1-11H3,(H,48,54)(H,49,55);/b32-28+;/t33-,34?,38-,39+,40-,42-;/m1./s1. The number of carbonyl (C=O) groups excluding carboxylic acids is 7. The minimum absolute atomic E-state index is 0.0252. The van der Waals surface area contributed by atoms with Crippen LogP contribution in [-0.4, -0.2) is 107 Å². The highest BCUT2D eigenvalue weighted by Gasteiger charge is 2.41. The third-order valence-corrected chi connectivity index (χ3v) is 12.0. The Kier molecular flexibility index (Phi) is 18.6. The topological polar surface area (TPSA) is 153 Å². The minimum atomic E-state index is -0.762. The molecule has 0 aliphatic carbocycles. The van der Waals surface area contributed by atoms with E-state index in [0.29, 0.717) is 42.0 Å². The highest BCUT2D eigenvalue weighted by molar-refractivity contribution is 6.09. The van der Waals surface area contributed by atoms with Gasteiger partial charge in [0, 0.05) is 42.4 Å². The molecule has 2 N–H and O–H groups in total. The van der Waals surface area contributed by atoms with Crippen molar-refractivity contribution in [2.45, 2.75) is 144 Å². The van der Waals surface area contributed by atoms with Gasteiger partial charge in [-0.15, -0.1) is 0 Å². The first-order chi connectivity index (χ1) is 28.2. The fourth-order valence-corrected chi connectivity index (χ4v) is 8.22. The van der Waals surface area contributed by atoms with Crippen molar-refractivity contribution >= 4 is 35.6 Å². The Morgan fingerprint density at radius 1 is 0.783 bits per heavy atom. The van der Waals surface area contributed by atoms with Gasteiger partial charge in [-0.3, -0.25) is 28.9 Å². The van der Waals surface area contributed by atoms with E-state index in [9.17, 15) is 24.0 Å². The van der Waals surface area contributed by atoms with Gasteiger partial charge in [0.15, 0.2) is 5.78 Å². The van der Waals surface area contributed by atoms with E-state index in [0.717, 1.165) is 37.8 Å². The van der Waals surface area contributed by atoms with Crippen molar-refractivity contribution in [3.8, 4) is 0 Å². The maximum absolute atomic E-state index is 14.4. The van der Waals surface area contributed by atoms with Crippen molar-refractivity contribution in [2.75, 3.05) is 20.1 Å². The lowest BCUT2D eigenvalue weighted by molar-refractivity contribution is -0.191. The number of nitrogens with one attached hydrogen (secondary N) is 2. The molecular formula is C48H69N5O7. The average Bonchev–Trinajstić information content (AvgIpc) is 3.71. The van der Waals surface area contributed by atoms with E-state index in [1.807, 2.05) is 90.1 Å². The van der Waals surface area contributed by atoms with Crippen molar-refractivity contribution in [1.82, 2.24) is 25.3 Å². The zero-order valence-corrected chi connectivity index (χ0v) is 37.7. The molecule has 328 valence electrons. The quantitative estimate of drug-likeness (QED) is 0.158. The molecular weight excluding hydrogens is 759 g/mol. The Morgan fingerprint density at radius 2 is 1.35 bits per heavy atom. The van der Waals surface area contributed by atoms with Crippen LogP contribution in [0.2, 0.25) is 0 Å². The van der Waals surface area contributed by atoms with Crippen molar-refractivity contribution in [1.29, 1.82) is 0 Å². The van der Waals surface area contributed by atoms with Crippen LogP contribution < -0.4 is 10.6 Å². The van der Waals surface area contributed by atoms with E-state index >= 15 is 0 Å². The Balaban J connectivity index is 0.00000311. The van der Waals surface area contributed by atoms with Gasteiger partial charge in [0.1, 0.15) is 12.1 Å². The van der Waals surface area contributed by atoms with E-state index in [2.05, 4.69) is 36.3 Å². The molecule has 2 saturated heterocycles. The van der Waals surface area contributed by atoms with Crippen LogP contribution in [0.4, 0.5) is 0 Å². The van der Waals surface area contributed by atoms with E-state index in [1.165, 1.54) is 0 Å². The average molecular weight is 828 g/mol. The molecule has 0 bridgehead atoms. The van der Waals surface area contributed by atoms with Crippen LogP contribution in [0.3, 0.4) is 0 Å². The largest absolute Gasteiger partial charge is 0.373 e. The van der Waals surface area contributed by atoms with Crippen molar-refractivity contribution in [2.24, 2.45) is 17.3 Å². The number of hydrogen-bond acceptors (Lipinski definition) is 8. The highest BCUT2D eigenvalue weighted by atomic mass is 16.2. The minimum Gasteiger partial charge on any atom is -0.352 e. The van der Waals surface area contributed by atoms with Crippen LogP contribution in [0.5, 0.6) is 0 Å². The van der Waals surface area contributed by atoms with Crippen LogP contribution in [0.1, 0.15) is 123 Å². The number of amides is 4. The first-order valence-corrected chi connectivity index (χ1v) is 21.5. The van der Waals surface area contributed by atoms with Gasteiger partial charge in [0.25, 0.3) is 0 Å². The van der Waals surface area contributed by atoms with Crippen molar-refractivity contribution < 1.29 is 33.6 Å². The fraction of sp³-hybridized carbons (Fsp3) is 0.583. The molecule has 2 aliphatic heterocycles.